The Bertz CT molecular complexity index is 1090. The van der Waals surface area contributed by atoms with E-state index in [0.717, 1.165) is 0 Å². The largest absolute Gasteiger partial charge is 0.514 e. The van der Waals surface area contributed by atoms with Crippen molar-refractivity contribution in [2.45, 2.75) is 130 Å². The van der Waals surface area contributed by atoms with E-state index >= 15 is 0 Å². The molecule has 12 heteroatoms. The van der Waals surface area contributed by atoms with E-state index in [1.165, 1.54) is 12.1 Å². The maximum atomic E-state index is 12.7. The minimum atomic E-state index is -1.12. The van der Waals surface area contributed by atoms with Crippen molar-refractivity contribution in [3.8, 4) is 11.5 Å². The maximum absolute atomic E-state index is 12.7. The summed E-state index contributed by atoms with van der Waals surface area (Å²) >= 11 is 0. The van der Waals surface area contributed by atoms with Gasteiger partial charge in [-0.05, 0) is 99.3 Å². The molecule has 0 spiro atoms. The van der Waals surface area contributed by atoms with Gasteiger partial charge in [0.2, 0.25) is 0 Å². The molecule has 1 aromatic carbocycles. The van der Waals surface area contributed by atoms with Crippen molar-refractivity contribution in [2.75, 3.05) is 0 Å². The van der Waals surface area contributed by atoms with Crippen LogP contribution >= 0.6 is 0 Å². The molecule has 42 heavy (non-hydrogen) atoms. The van der Waals surface area contributed by atoms with Crippen LogP contribution in [0.1, 0.15) is 94.6 Å². The summed E-state index contributed by atoms with van der Waals surface area (Å²) in [6.45, 7) is 18.8. The van der Waals surface area contributed by atoms with Crippen molar-refractivity contribution in [1.29, 1.82) is 0 Å². The molecule has 1 aromatic rings. The molecule has 1 unspecified atom stereocenters. The van der Waals surface area contributed by atoms with Crippen LogP contribution in [-0.4, -0.2) is 59.5 Å². The lowest BCUT2D eigenvalue weighted by Crippen LogP contribution is -2.40. The third kappa shape index (κ3) is 13.4. The smallest absolute Gasteiger partial charge is 0.458 e. The normalized spacial score (nSPS) is 14.1. The Morgan fingerprint density at radius 3 is 1.67 bits per heavy atom. The molecule has 0 radical (unpaired) electrons. The zero-order valence-electron chi connectivity index (χ0n) is 26.7. The molecule has 0 heterocycles. The average molecular weight is 598 g/mol. The molecule has 0 aliphatic carbocycles. The van der Waals surface area contributed by atoms with E-state index in [4.69, 9.17) is 38.9 Å². The van der Waals surface area contributed by atoms with E-state index < -0.39 is 59.5 Å². The molecule has 2 N–H and O–H groups in total. The van der Waals surface area contributed by atoms with Gasteiger partial charge in [-0.25, -0.2) is 14.4 Å². The minimum absolute atomic E-state index is 0.0215. The molecule has 0 bridgehead atoms. The van der Waals surface area contributed by atoms with E-state index in [-0.39, 0.29) is 17.9 Å². The Hall–Kier alpha value is -3.54. The van der Waals surface area contributed by atoms with Crippen molar-refractivity contribution in [1.82, 2.24) is 0 Å². The fourth-order valence-corrected chi connectivity index (χ4v) is 2.89. The lowest BCUT2D eigenvalue weighted by Gasteiger charge is -2.25. The van der Waals surface area contributed by atoms with Gasteiger partial charge in [-0.3, -0.25) is 4.79 Å². The van der Waals surface area contributed by atoms with E-state index in [1.807, 2.05) is 13.8 Å². The number of carbonyl (C=O) groups is 4. The van der Waals surface area contributed by atoms with Gasteiger partial charge in [-0.2, -0.15) is 0 Å². The van der Waals surface area contributed by atoms with Crippen LogP contribution in [0.4, 0.5) is 14.4 Å². The fraction of sp³-hybridized carbons (Fsp3) is 0.667. The first-order valence-electron chi connectivity index (χ1n) is 14.0. The van der Waals surface area contributed by atoms with Crippen LogP contribution in [0.15, 0.2) is 18.2 Å². The highest BCUT2D eigenvalue weighted by molar-refractivity contribution is 5.76. The van der Waals surface area contributed by atoms with Crippen LogP contribution in [-0.2, 0) is 34.9 Å². The van der Waals surface area contributed by atoms with Crippen molar-refractivity contribution < 1.29 is 52.3 Å². The number of hydrogen-bond acceptors (Lipinski definition) is 12. The predicted molar refractivity (Wildman–Crippen MR) is 153 cm³/mol. The van der Waals surface area contributed by atoms with E-state index in [1.54, 1.807) is 68.4 Å². The topological polar surface area (TPSA) is 159 Å². The van der Waals surface area contributed by atoms with Gasteiger partial charge in [0.1, 0.15) is 35.1 Å². The first-order chi connectivity index (χ1) is 19.2. The Kier molecular flexibility index (Phi) is 13.1. The summed E-state index contributed by atoms with van der Waals surface area (Å²) < 4.78 is 37.0. The van der Waals surface area contributed by atoms with Gasteiger partial charge in [-0.15, -0.1) is 0 Å². The summed E-state index contributed by atoms with van der Waals surface area (Å²) in [5, 5.41) is 0. The van der Waals surface area contributed by atoms with Gasteiger partial charge in [0, 0.05) is 0 Å². The number of esters is 1. The summed E-state index contributed by atoms with van der Waals surface area (Å²) in [4.78, 5) is 49.5. The fourth-order valence-electron chi connectivity index (χ4n) is 2.89. The van der Waals surface area contributed by atoms with Gasteiger partial charge in [0.15, 0.2) is 11.5 Å². The molecule has 0 fully saturated rings. The van der Waals surface area contributed by atoms with E-state index in [2.05, 4.69) is 0 Å². The molecule has 0 saturated carbocycles. The first-order valence-corrected chi connectivity index (χ1v) is 14.0. The molecular formula is C30H47NO11. The van der Waals surface area contributed by atoms with Crippen LogP contribution < -0.4 is 15.2 Å². The van der Waals surface area contributed by atoms with Crippen molar-refractivity contribution in [2.24, 2.45) is 5.73 Å². The van der Waals surface area contributed by atoms with Gasteiger partial charge < -0.3 is 38.9 Å². The molecule has 12 nitrogen and oxygen atoms in total. The number of nitrogens with two attached hydrogens (primary N) is 1. The Labute approximate surface area is 248 Å². The summed E-state index contributed by atoms with van der Waals surface area (Å²) in [5.74, 6) is -0.983. The first kappa shape index (κ1) is 36.5. The second kappa shape index (κ2) is 15.1. The molecule has 0 aliphatic heterocycles. The molecule has 0 saturated heterocycles. The SMILES string of the molecule is CCC(C)(C)OC(=O)Oc1ccc(C[C@H](N)C(=O)O[C@@H](C)C(C)OC(=O)OC(C)(C)C)cc1OC(=O)OC(C)(C)CC. The summed E-state index contributed by atoms with van der Waals surface area (Å²) in [6, 6.07) is 3.22. The predicted octanol–water partition coefficient (Wildman–Crippen LogP) is 6.24. The molecule has 1 rings (SSSR count). The van der Waals surface area contributed by atoms with Crippen LogP contribution in [0.3, 0.4) is 0 Å². The number of rotatable bonds is 12. The van der Waals surface area contributed by atoms with Crippen LogP contribution in [0, 0.1) is 0 Å². The minimum Gasteiger partial charge on any atom is -0.458 e. The summed E-state index contributed by atoms with van der Waals surface area (Å²) in [5.41, 5.74) is 4.25. The number of ether oxygens (including phenoxy) is 7. The zero-order valence-corrected chi connectivity index (χ0v) is 26.7. The number of benzene rings is 1. The third-order valence-electron chi connectivity index (χ3n) is 6.21. The van der Waals surface area contributed by atoms with Gasteiger partial charge in [0.25, 0.3) is 0 Å². The monoisotopic (exact) mass is 597 g/mol. The standard InChI is InChI=1S/C30H47NO11/c1-12-29(8,9)41-26(34)38-22-15-14-20(17-23(22)39-27(35)42-30(10,11)13-2)16-21(31)24(32)36-18(3)19(4)37-25(33)40-28(5,6)7/h14-15,17-19,21H,12-13,16,31H2,1-11H3/t18-,19?,21-/m0/s1. The molecule has 0 amide bonds. The van der Waals surface area contributed by atoms with E-state index in [0.29, 0.717) is 18.4 Å². The second-order valence-electron chi connectivity index (χ2n) is 12.2. The van der Waals surface area contributed by atoms with Crippen LogP contribution in [0.2, 0.25) is 0 Å². The number of carbonyl (C=O) groups excluding carboxylic acids is 4. The molecule has 3 atom stereocenters. The summed E-state index contributed by atoms with van der Waals surface area (Å²) in [7, 11) is 0. The highest BCUT2D eigenvalue weighted by Gasteiger charge is 2.28. The molecule has 0 aromatic heterocycles. The molecule has 0 aliphatic rings. The van der Waals surface area contributed by atoms with Gasteiger partial charge >= 0.3 is 24.4 Å². The number of hydrogen-bond donors (Lipinski definition) is 1. The van der Waals surface area contributed by atoms with Crippen molar-refractivity contribution >= 4 is 24.4 Å². The van der Waals surface area contributed by atoms with E-state index in [9.17, 15) is 19.2 Å². The summed E-state index contributed by atoms with van der Waals surface area (Å²) in [6.07, 6.45) is -3.46. The highest BCUT2D eigenvalue weighted by Crippen LogP contribution is 2.31. The molecule has 238 valence electrons. The Morgan fingerprint density at radius 2 is 1.19 bits per heavy atom. The Balaban J connectivity index is 3.03. The lowest BCUT2D eigenvalue weighted by molar-refractivity contribution is -0.156. The third-order valence-corrected chi connectivity index (χ3v) is 6.21. The quantitative estimate of drug-likeness (QED) is 0.164. The van der Waals surface area contributed by atoms with Crippen LogP contribution in [0.25, 0.3) is 0 Å². The van der Waals surface area contributed by atoms with Crippen LogP contribution in [0.5, 0.6) is 11.5 Å². The maximum Gasteiger partial charge on any atom is 0.514 e. The second-order valence-corrected chi connectivity index (χ2v) is 12.2. The Morgan fingerprint density at radius 1 is 0.714 bits per heavy atom. The van der Waals surface area contributed by atoms with Gasteiger partial charge in [0.05, 0.1) is 0 Å². The zero-order chi connectivity index (χ0) is 32.5. The van der Waals surface area contributed by atoms with Crippen molar-refractivity contribution in [3.05, 3.63) is 23.8 Å². The molecular weight excluding hydrogens is 550 g/mol. The lowest BCUT2D eigenvalue weighted by atomic mass is 10.1. The highest BCUT2D eigenvalue weighted by atomic mass is 16.8. The van der Waals surface area contributed by atoms with Crippen molar-refractivity contribution in [3.63, 3.8) is 0 Å². The average Bonchev–Trinajstić information content (AvgIpc) is 2.83. The van der Waals surface area contributed by atoms with Gasteiger partial charge in [-0.1, -0.05) is 19.9 Å².